The molecule has 0 saturated heterocycles. The molecule has 1 saturated carbocycles. The number of carbonyl (C=O) groups is 1. The zero-order chi connectivity index (χ0) is 19.3. The number of imidazole rings is 1. The van der Waals surface area contributed by atoms with Gasteiger partial charge in [-0.1, -0.05) is 26.2 Å². The van der Waals surface area contributed by atoms with Gasteiger partial charge in [-0.3, -0.25) is 14.2 Å². The van der Waals surface area contributed by atoms with Crippen LogP contribution in [-0.2, 0) is 24.9 Å². The molecule has 4 rings (SSSR count). The number of aliphatic carboxylic acids is 1. The van der Waals surface area contributed by atoms with Crippen molar-refractivity contribution in [1.29, 1.82) is 0 Å². The van der Waals surface area contributed by atoms with Crippen molar-refractivity contribution in [3.63, 3.8) is 0 Å². The fourth-order valence-corrected chi connectivity index (χ4v) is 4.52. The maximum atomic E-state index is 13.0. The number of carboxylic acid groups (broad SMARTS) is 1. The van der Waals surface area contributed by atoms with Gasteiger partial charge in [0.05, 0.1) is 0 Å². The summed E-state index contributed by atoms with van der Waals surface area (Å²) >= 11 is 0. The fourth-order valence-electron chi connectivity index (χ4n) is 4.52. The Morgan fingerprint density at radius 3 is 2.56 bits per heavy atom. The number of aryl methyl sites for hydroxylation is 1. The second-order valence-corrected chi connectivity index (χ2v) is 7.87. The van der Waals surface area contributed by atoms with E-state index in [-0.39, 0.29) is 0 Å². The summed E-state index contributed by atoms with van der Waals surface area (Å²) in [6.45, 7) is 3.01. The highest BCUT2D eigenvalue weighted by Crippen LogP contribution is 2.32. The van der Waals surface area contributed by atoms with Crippen molar-refractivity contribution < 1.29 is 9.90 Å². The first-order chi connectivity index (χ1) is 12.9. The van der Waals surface area contributed by atoms with Gasteiger partial charge in [-0.15, -0.1) is 0 Å². The van der Waals surface area contributed by atoms with E-state index >= 15 is 0 Å². The van der Waals surface area contributed by atoms with Gasteiger partial charge in [0.2, 0.25) is 5.95 Å². The molecule has 2 aromatic heterocycles. The number of anilines is 1. The Labute approximate surface area is 155 Å². The number of fused-ring (bicyclic) bond motifs is 3. The maximum absolute atomic E-state index is 13.0. The van der Waals surface area contributed by atoms with Crippen molar-refractivity contribution in [2.45, 2.75) is 58.2 Å². The molecule has 0 spiro atoms. The smallest absolute Gasteiger partial charge is 0.333 e. The van der Waals surface area contributed by atoms with Crippen molar-refractivity contribution in [2.24, 2.45) is 13.0 Å². The maximum Gasteiger partial charge on any atom is 0.333 e. The molecule has 0 aromatic carbocycles. The van der Waals surface area contributed by atoms with Crippen molar-refractivity contribution in [1.82, 2.24) is 18.7 Å². The van der Waals surface area contributed by atoms with Crippen molar-refractivity contribution >= 4 is 23.1 Å². The van der Waals surface area contributed by atoms with Crippen LogP contribution in [0, 0.1) is 5.92 Å². The molecule has 0 amide bonds. The Bertz CT molecular complexity index is 1010. The predicted molar refractivity (Wildman–Crippen MR) is 100 cm³/mol. The third-order valence-electron chi connectivity index (χ3n) is 5.78. The number of aromatic nitrogens is 4. The first-order valence-electron chi connectivity index (χ1n) is 9.57. The molecule has 1 atom stereocenters. The van der Waals surface area contributed by atoms with Crippen LogP contribution < -0.4 is 16.1 Å². The van der Waals surface area contributed by atoms with Crippen LogP contribution in [0.2, 0.25) is 0 Å². The van der Waals surface area contributed by atoms with Gasteiger partial charge >= 0.3 is 11.7 Å². The lowest BCUT2D eigenvalue weighted by Crippen LogP contribution is -2.45. The largest absolute Gasteiger partial charge is 0.480 e. The summed E-state index contributed by atoms with van der Waals surface area (Å²) in [5.41, 5.74) is -0.577. The van der Waals surface area contributed by atoms with Crippen LogP contribution in [0.15, 0.2) is 9.59 Å². The van der Waals surface area contributed by atoms with Gasteiger partial charge in [0.15, 0.2) is 11.2 Å². The van der Waals surface area contributed by atoms with Gasteiger partial charge < -0.3 is 14.6 Å². The third-order valence-corrected chi connectivity index (χ3v) is 5.78. The molecule has 27 heavy (non-hydrogen) atoms. The molecule has 1 unspecified atom stereocenters. The van der Waals surface area contributed by atoms with Crippen molar-refractivity contribution in [3.8, 4) is 0 Å². The van der Waals surface area contributed by atoms with E-state index in [1.54, 1.807) is 0 Å². The minimum absolute atomic E-state index is 0.320. The van der Waals surface area contributed by atoms with E-state index in [4.69, 9.17) is 5.11 Å². The Balaban J connectivity index is 1.94. The van der Waals surface area contributed by atoms with Crippen LogP contribution in [0.25, 0.3) is 11.2 Å². The van der Waals surface area contributed by atoms with E-state index < -0.39 is 23.8 Å². The van der Waals surface area contributed by atoms with Crippen molar-refractivity contribution in [3.05, 3.63) is 20.8 Å². The summed E-state index contributed by atoms with van der Waals surface area (Å²) in [6, 6.07) is 0.398. The molecule has 3 heterocycles. The Hall–Kier alpha value is -2.58. The molecular formula is C18H25N5O4. The summed E-state index contributed by atoms with van der Waals surface area (Å²) in [7, 11) is 1.54. The number of hydrogen-bond donors (Lipinski definition) is 1. The Kier molecular flexibility index (Phi) is 4.32. The molecule has 0 bridgehead atoms. The Morgan fingerprint density at radius 2 is 1.89 bits per heavy atom. The van der Waals surface area contributed by atoms with E-state index in [0.29, 0.717) is 29.7 Å². The Morgan fingerprint density at radius 1 is 1.19 bits per heavy atom. The second-order valence-electron chi connectivity index (χ2n) is 7.87. The summed E-state index contributed by atoms with van der Waals surface area (Å²) in [5.74, 6) is -0.152. The molecule has 1 fully saturated rings. The SMILES string of the molecule is CC1CN(C2CCCCC2)c2nc3c(c(=O)n(CC(=O)O)c(=O)n3C)n2C1. The molecule has 9 nitrogen and oxygen atoms in total. The third kappa shape index (κ3) is 2.85. The lowest BCUT2D eigenvalue weighted by Gasteiger charge is -2.40. The van der Waals surface area contributed by atoms with Crippen molar-refractivity contribution in [2.75, 3.05) is 11.4 Å². The zero-order valence-electron chi connectivity index (χ0n) is 15.7. The number of nitrogens with zero attached hydrogens (tertiary/aromatic N) is 5. The molecule has 1 aliphatic heterocycles. The van der Waals surface area contributed by atoms with Crippen LogP contribution in [0.4, 0.5) is 5.95 Å². The van der Waals surface area contributed by atoms with Crippen LogP contribution >= 0.6 is 0 Å². The number of carboxylic acids is 1. The number of rotatable bonds is 3. The average molecular weight is 375 g/mol. The first-order valence-corrected chi connectivity index (χ1v) is 9.57. The van der Waals surface area contributed by atoms with Gasteiger partial charge in [0, 0.05) is 26.2 Å². The van der Waals surface area contributed by atoms with E-state index in [9.17, 15) is 14.4 Å². The van der Waals surface area contributed by atoms with Crippen LogP contribution in [0.1, 0.15) is 39.0 Å². The van der Waals surface area contributed by atoms with Gasteiger partial charge in [-0.2, -0.15) is 4.98 Å². The van der Waals surface area contributed by atoms with E-state index in [0.717, 1.165) is 29.9 Å². The van der Waals surface area contributed by atoms with Crippen LogP contribution in [0.3, 0.4) is 0 Å². The molecule has 2 aliphatic rings. The fraction of sp³-hybridized carbons (Fsp3) is 0.667. The van der Waals surface area contributed by atoms with Gasteiger partial charge in [-0.25, -0.2) is 9.36 Å². The average Bonchev–Trinajstić information content (AvgIpc) is 3.03. The van der Waals surface area contributed by atoms with Gasteiger partial charge in [-0.05, 0) is 18.8 Å². The molecule has 1 aliphatic carbocycles. The van der Waals surface area contributed by atoms with Gasteiger partial charge in [0.25, 0.3) is 5.56 Å². The lowest BCUT2D eigenvalue weighted by molar-refractivity contribution is -0.137. The highest BCUT2D eigenvalue weighted by Gasteiger charge is 2.33. The standard InChI is InChI=1S/C18H25N5O4/c1-11-8-21(12-6-4-3-5-7-12)17-19-15-14(22(17)9-11)16(26)23(10-13(24)25)18(27)20(15)2/h11-12H,3-10H2,1-2H3,(H,24,25). The molecule has 146 valence electrons. The van der Waals surface area contributed by atoms with Crippen LogP contribution in [-0.4, -0.2) is 42.3 Å². The van der Waals surface area contributed by atoms with E-state index in [1.165, 1.54) is 30.9 Å². The zero-order valence-corrected chi connectivity index (χ0v) is 15.7. The molecule has 0 radical (unpaired) electrons. The summed E-state index contributed by atoms with van der Waals surface area (Å²) in [6.07, 6.45) is 5.86. The minimum Gasteiger partial charge on any atom is -0.480 e. The topological polar surface area (TPSA) is 102 Å². The first kappa shape index (κ1) is 17.8. The normalized spacial score (nSPS) is 20.8. The molecule has 9 heteroatoms. The molecular weight excluding hydrogens is 350 g/mol. The lowest BCUT2D eigenvalue weighted by atomic mass is 9.93. The predicted octanol–water partition coefficient (Wildman–Crippen LogP) is 0.770. The van der Waals surface area contributed by atoms with E-state index in [1.807, 2.05) is 4.57 Å². The van der Waals surface area contributed by atoms with Gasteiger partial charge in [0.1, 0.15) is 6.54 Å². The highest BCUT2D eigenvalue weighted by atomic mass is 16.4. The summed E-state index contributed by atoms with van der Waals surface area (Å²) in [4.78, 5) is 43.6. The molecule has 1 N–H and O–H groups in total. The monoisotopic (exact) mass is 375 g/mol. The second kappa shape index (κ2) is 6.54. The van der Waals surface area contributed by atoms with Crippen LogP contribution in [0.5, 0.6) is 0 Å². The molecule has 2 aromatic rings. The summed E-state index contributed by atoms with van der Waals surface area (Å²) < 4.78 is 3.96. The summed E-state index contributed by atoms with van der Waals surface area (Å²) in [5, 5.41) is 9.08. The quantitative estimate of drug-likeness (QED) is 0.850. The minimum atomic E-state index is -1.22. The number of hydrogen-bond acceptors (Lipinski definition) is 5. The van der Waals surface area contributed by atoms with E-state index in [2.05, 4.69) is 16.8 Å². The highest BCUT2D eigenvalue weighted by molar-refractivity contribution is 5.75.